The fourth-order valence-corrected chi connectivity index (χ4v) is 8.03. The van der Waals surface area contributed by atoms with E-state index in [0.717, 1.165) is 71.2 Å². The largest absolute Gasteiger partial charge is 0.475 e. The summed E-state index contributed by atoms with van der Waals surface area (Å²) in [5.41, 5.74) is 6.48. The molecule has 0 spiro atoms. The van der Waals surface area contributed by atoms with Crippen LogP contribution in [0.15, 0.2) is 0 Å². The molecule has 39 heavy (non-hydrogen) atoms. The molecule has 0 aromatic rings. The lowest BCUT2D eigenvalue weighted by molar-refractivity contribution is -0.140. The topological polar surface area (TPSA) is 122 Å². The summed E-state index contributed by atoms with van der Waals surface area (Å²) in [4.78, 5) is 33.8. The Balaban J connectivity index is 1.34. The lowest BCUT2D eigenvalue weighted by Crippen LogP contribution is -2.55. The molecule has 0 aromatic carbocycles. The number of likely N-dealkylation sites (tertiary alicyclic amines) is 2. The molecule has 2 amide bonds. The first-order chi connectivity index (χ1) is 18.9. The molecule has 0 bridgehead atoms. The maximum absolute atomic E-state index is 13.6. The monoisotopic (exact) mass is 565 g/mol. The molecule has 3 aliphatic heterocycles. The Morgan fingerprint density at radius 1 is 0.974 bits per heavy atom. The van der Waals surface area contributed by atoms with Gasteiger partial charge in [0, 0.05) is 37.2 Å². The molecule has 9 nitrogen and oxygen atoms in total. The van der Waals surface area contributed by atoms with Crippen LogP contribution in [0.4, 0.5) is 0 Å². The van der Waals surface area contributed by atoms with Crippen LogP contribution >= 0.6 is 11.8 Å². The van der Waals surface area contributed by atoms with Crippen molar-refractivity contribution in [2.24, 2.45) is 11.7 Å². The van der Waals surface area contributed by atoms with E-state index in [-0.39, 0.29) is 17.9 Å². The zero-order valence-corrected chi connectivity index (χ0v) is 24.7. The van der Waals surface area contributed by atoms with Gasteiger partial charge in [-0.1, -0.05) is 44.9 Å². The molecule has 222 valence electrons. The van der Waals surface area contributed by atoms with Gasteiger partial charge < -0.3 is 30.9 Å². The van der Waals surface area contributed by atoms with Crippen molar-refractivity contribution in [1.82, 2.24) is 20.0 Å². The van der Waals surface area contributed by atoms with Crippen molar-refractivity contribution in [3.05, 3.63) is 0 Å². The number of nitrogens with two attached hydrogens (primary N) is 1. The van der Waals surface area contributed by atoms with E-state index in [1.807, 2.05) is 11.8 Å². The summed E-state index contributed by atoms with van der Waals surface area (Å²) in [6, 6.07) is -1.06. The van der Waals surface area contributed by atoms with Gasteiger partial charge in [-0.15, -0.1) is 0 Å². The summed E-state index contributed by atoms with van der Waals surface area (Å²) in [7, 11) is -1.63. The van der Waals surface area contributed by atoms with E-state index in [4.69, 9.17) is 5.73 Å². The summed E-state index contributed by atoms with van der Waals surface area (Å²) in [5, 5.41) is 23.1. The van der Waals surface area contributed by atoms with Crippen molar-refractivity contribution in [3.8, 4) is 0 Å². The molecule has 0 aromatic heterocycles. The Kier molecular flexibility index (Phi) is 12.7. The van der Waals surface area contributed by atoms with Crippen LogP contribution < -0.4 is 11.1 Å². The average molecular weight is 566 g/mol. The molecule has 4 aliphatic rings. The van der Waals surface area contributed by atoms with Gasteiger partial charge in [-0.2, -0.15) is 11.8 Å². The van der Waals surface area contributed by atoms with E-state index in [2.05, 4.69) is 15.1 Å². The Morgan fingerprint density at radius 2 is 1.67 bits per heavy atom. The fourth-order valence-electron chi connectivity index (χ4n) is 7.05. The van der Waals surface area contributed by atoms with Gasteiger partial charge >= 0.3 is 7.12 Å². The van der Waals surface area contributed by atoms with Gasteiger partial charge in [-0.05, 0) is 64.1 Å². The highest BCUT2D eigenvalue weighted by molar-refractivity contribution is 7.99. The minimum atomic E-state index is -1.63. The van der Waals surface area contributed by atoms with Crippen LogP contribution in [0.2, 0.25) is 0 Å². The summed E-state index contributed by atoms with van der Waals surface area (Å²) in [5.74, 6) is 1.69. The molecular weight excluding hydrogens is 513 g/mol. The molecular formula is C28H52BN5O4S. The summed E-state index contributed by atoms with van der Waals surface area (Å²) < 4.78 is 0. The minimum Gasteiger partial charge on any atom is -0.426 e. The number of thioether (sulfide) groups is 1. The number of hydrogen-bond acceptors (Lipinski definition) is 8. The van der Waals surface area contributed by atoms with Crippen LogP contribution in [0.25, 0.3) is 0 Å². The number of carbonyl (C=O) groups is 2. The highest BCUT2D eigenvalue weighted by Crippen LogP contribution is 2.30. The molecule has 4 atom stereocenters. The van der Waals surface area contributed by atoms with Crippen LogP contribution in [0.1, 0.15) is 83.5 Å². The smallest absolute Gasteiger partial charge is 0.426 e. The van der Waals surface area contributed by atoms with Gasteiger partial charge in [0.25, 0.3) is 0 Å². The van der Waals surface area contributed by atoms with Crippen molar-refractivity contribution in [1.29, 1.82) is 0 Å². The second kappa shape index (κ2) is 16.0. The third-order valence-electron chi connectivity index (χ3n) is 9.43. The van der Waals surface area contributed by atoms with Crippen LogP contribution in [0.5, 0.6) is 0 Å². The van der Waals surface area contributed by atoms with Crippen molar-refractivity contribution < 1.29 is 19.6 Å². The zero-order chi connectivity index (χ0) is 27.6. The first-order valence-electron chi connectivity index (χ1n) is 15.7. The molecule has 0 unspecified atom stereocenters. The number of hydrogen-bond donors (Lipinski definition) is 4. The van der Waals surface area contributed by atoms with Gasteiger partial charge in [0.2, 0.25) is 11.8 Å². The van der Waals surface area contributed by atoms with Gasteiger partial charge in [0.15, 0.2) is 0 Å². The van der Waals surface area contributed by atoms with Gasteiger partial charge in [0.1, 0.15) is 6.04 Å². The number of carbonyl (C=O) groups excluding carboxylic acids is 2. The second-order valence-electron chi connectivity index (χ2n) is 12.3. The van der Waals surface area contributed by atoms with Crippen LogP contribution in [-0.4, -0.2) is 119 Å². The molecule has 3 heterocycles. The van der Waals surface area contributed by atoms with Crippen LogP contribution in [-0.2, 0) is 9.59 Å². The Bertz CT molecular complexity index is 762. The normalized spacial score (nSPS) is 27.3. The van der Waals surface area contributed by atoms with Gasteiger partial charge in [0.05, 0.1) is 12.0 Å². The highest BCUT2D eigenvalue weighted by Gasteiger charge is 2.44. The second-order valence-corrected chi connectivity index (χ2v) is 13.5. The predicted molar refractivity (Wildman–Crippen MR) is 158 cm³/mol. The molecule has 11 heteroatoms. The third-order valence-corrected chi connectivity index (χ3v) is 10.4. The maximum Gasteiger partial charge on any atom is 0.475 e. The van der Waals surface area contributed by atoms with Crippen molar-refractivity contribution in [2.75, 3.05) is 50.8 Å². The molecule has 0 radical (unpaired) electrons. The third kappa shape index (κ3) is 9.33. The van der Waals surface area contributed by atoms with Crippen molar-refractivity contribution >= 4 is 30.7 Å². The van der Waals surface area contributed by atoms with E-state index < -0.39 is 25.1 Å². The number of unbranched alkanes of at least 4 members (excludes halogenated alkanes) is 1. The van der Waals surface area contributed by atoms with Crippen LogP contribution in [0.3, 0.4) is 0 Å². The quantitative estimate of drug-likeness (QED) is 0.207. The van der Waals surface area contributed by atoms with E-state index in [9.17, 15) is 19.6 Å². The lowest BCUT2D eigenvalue weighted by atomic mass is 9.76. The zero-order valence-electron chi connectivity index (χ0n) is 23.9. The number of nitrogens with zero attached hydrogens (tertiary/aromatic N) is 3. The summed E-state index contributed by atoms with van der Waals surface area (Å²) in [6.45, 7) is 5.76. The Labute approximate surface area is 240 Å². The van der Waals surface area contributed by atoms with Gasteiger partial charge in [-0.25, -0.2) is 0 Å². The SMILES string of the molecule is N[C@H](CC1CCCCC1)C(=O)N1C[C@H](N2CCCCC2)C[C@H]1C(=O)N[C@@H](CCCCN1CCSCC1)B(O)O. The van der Waals surface area contributed by atoms with E-state index in [1.165, 1.54) is 37.2 Å². The number of rotatable bonds is 12. The molecule has 3 saturated heterocycles. The van der Waals surface area contributed by atoms with Crippen LogP contribution in [0, 0.1) is 5.92 Å². The fraction of sp³-hybridized carbons (Fsp3) is 0.929. The number of piperidine rings is 1. The standard InChI is InChI=1S/C28H52BN5O4S/c30-24(19-22-9-3-1-4-10-22)28(36)34-21-23(33-13-6-2-7-14-33)20-25(34)27(35)31-26(29(37)38)11-5-8-12-32-15-17-39-18-16-32/h22-26,37-38H,1-21,30H2,(H,31,35)/t23-,24-,25+,26+/m1/s1. The Hall–Kier alpha value is -0.845. The predicted octanol–water partition coefficient (Wildman–Crippen LogP) is 1.46. The van der Waals surface area contributed by atoms with E-state index in [1.54, 1.807) is 4.90 Å². The molecule has 4 fully saturated rings. The summed E-state index contributed by atoms with van der Waals surface area (Å²) in [6.07, 6.45) is 13.0. The van der Waals surface area contributed by atoms with Crippen molar-refractivity contribution in [3.63, 3.8) is 0 Å². The average Bonchev–Trinajstić information content (AvgIpc) is 3.41. The highest BCUT2D eigenvalue weighted by atomic mass is 32.2. The van der Waals surface area contributed by atoms with Gasteiger partial charge in [-0.3, -0.25) is 14.5 Å². The van der Waals surface area contributed by atoms with E-state index >= 15 is 0 Å². The molecule has 1 aliphatic carbocycles. The first-order valence-corrected chi connectivity index (χ1v) is 16.8. The first kappa shape index (κ1) is 31.1. The lowest BCUT2D eigenvalue weighted by Gasteiger charge is -2.32. The molecule has 5 N–H and O–H groups in total. The van der Waals surface area contributed by atoms with Crippen molar-refractivity contribution in [2.45, 2.75) is 108 Å². The number of nitrogens with one attached hydrogen (secondary N) is 1. The maximum atomic E-state index is 13.6. The van der Waals surface area contributed by atoms with E-state index in [0.29, 0.717) is 31.7 Å². The molecule has 4 rings (SSSR count). The summed E-state index contributed by atoms with van der Waals surface area (Å²) >= 11 is 1.99. The molecule has 1 saturated carbocycles. The number of amides is 2. The minimum absolute atomic E-state index is 0.124. The Morgan fingerprint density at radius 3 is 2.36 bits per heavy atom.